The molecule has 3 aromatic rings. The lowest BCUT2D eigenvalue weighted by Crippen LogP contribution is -2.41. The highest BCUT2D eigenvalue weighted by Crippen LogP contribution is 2.32. The van der Waals surface area contributed by atoms with E-state index in [-0.39, 0.29) is 36.8 Å². The van der Waals surface area contributed by atoms with Gasteiger partial charge in [0, 0.05) is 24.6 Å². The molecule has 0 atom stereocenters. The number of ether oxygens (including phenoxy) is 2. The maximum atomic E-state index is 12.6. The maximum absolute atomic E-state index is 12.6. The molecule has 1 fully saturated rings. The number of carbonyl (C=O) groups excluding carboxylic acids is 1. The summed E-state index contributed by atoms with van der Waals surface area (Å²) in [5.41, 5.74) is 0.614. The zero-order chi connectivity index (χ0) is 22.7. The molecule has 0 aliphatic carbocycles. The summed E-state index contributed by atoms with van der Waals surface area (Å²) in [6.07, 6.45) is 0.820. The molecule has 0 bridgehead atoms. The minimum absolute atomic E-state index is 0.0200. The highest BCUT2D eigenvalue weighted by Gasteiger charge is 2.33. The second kappa shape index (κ2) is 9.27. The van der Waals surface area contributed by atoms with Gasteiger partial charge in [0.25, 0.3) is 10.0 Å². The minimum Gasteiger partial charge on any atom is -0.493 e. The van der Waals surface area contributed by atoms with Gasteiger partial charge in [-0.15, -0.1) is 16.4 Å². The van der Waals surface area contributed by atoms with Crippen molar-refractivity contribution >= 4 is 33.3 Å². The topological polar surface area (TPSA) is 124 Å². The summed E-state index contributed by atoms with van der Waals surface area (Å²) in [5.74, 6) is 0.676. The Morgan fingerprint density at radius 1 is 1.16 bits per heavy atom. The summed E-state index contributed by atoms with van der Waals surface area (Å²) >= 11 is 1.19. The van der Waals surface area contributed by atoms with Crippen molar-refractivity contribution < 1.29 is 27.1 Å². The molecule has 1 saturated heterocycles. The number of benzene rings is 1. The molecule has 0 unspecified atom stereocenters. The van der Waals surface area contributed by atoms with Crippen LogP contribution < -0.4 is 14.8 Å². The summed E-state index contributed by atoms with van der Waals surface area (Å²) in [6, 6.07) is 8.43. The Morgan fingerprint density at radius 2 is 1.91 bits per heavy atom. The van der Waals surface area contributed by atoms with Gasteiger partial charge in [-0.3, -0.25) is 10.1 Å². The summed E-state index contributed by atoms with van der Waals surface area (Å²) in [4.78, 5) is 12.6. The summed E-state index contributed by atoms with van der Waals surface area (Å²) in [5, 5.41) is 12.2. The number of nitrogens with zero attached hydrogens (tertiary/aromatic N) is 3. The Balaban J connectivity index is 1.37. The Morgan fingerprint density at radius 3 is 2.56 bits per heavy atom. The number of piperidine rings is 1. The van der Waals surface area contributed by atoms with Crippen molar-refractivity contribution in [3.05, 3.63) is 35.7 Å². The lowest BCUT2D eigenvalue weighted by atomic mass is 9.97. The molecule has 10 nitrogen and oxygen atoms in total. The van der Waals surface area contributed by atoms with Crippen LogP contribution in [0.25, 0.3) is 11.5 Å². The molecule has 3 heterocycles. The number of sulfonamides is 1. The van der Waals surface area contributed by atoms with Gasteiger partial charge in [-0.25, -0.2) is 8.42 Å². The van der Waals surface area contributed by atoms with Crippen LogP contribution >= 0.6 is 11.3 Å². The van der Waals surface area contributed by atoms with Crippen molar-refractivity contribution in [3.8, 4) is 23.0 Å². The minimum atomic E-state index is -3.50. The molecule has 4 rings (SSSR count). The van der Waals surface area contributed by atoms with E-state index in [1.807, 2.05) is 0 Å². The zero-order valence-electron chi connectivity index (χ0n) is 17.5. The highest BCUT2D eigenvalue weighted by atomic mass is 32.2. The van der Waals surface area contributed by atoms with Gasteiger partial charge in [0.15, 0.2) is 11.5 Å². The van der Waals surface area contributed by atoms with E-state index in [9.17, 15) is 13.2 Å². The molecule has 170 valence electrons. The van der Waals surface area contributed by atoms with Crippen molar-refractivity contribution in [3.63, 3.8) is 0 Å². The number of methoxy groups -OCH3 is 2. The van der Waals surface area contributed by atoms with Gasteiger partial charge in [-0.2, -0.15) is 4.31 Å². The monoisotopic (exact) mass is 478 g/mol. The van der Waals surface area contributed by atoms with Crippen LogP contribution in [0, 0.1) is 5.92 Å². The standard InChI is InChI=1S/C20H22N4O6S2/c1-28-15-6-5-14(12-16(15)29-2)19-22-23-20(30-19)21-18(25)13-7-9-24(10-8-13)32(26,27)17-4-3-11-31-17/h3-6,11-13H,7-10H2,1-2H3,(H,21,23,25). The SMILES string of the molecule is COc1ccc(-c2nnc(NC(=O)C3CCN(S(=O)(=O)c4cccs4)CC3)o2)cc1OC. The molecule has 12 heteroatoms. The van der Waals surface area contributed by atoms with Gasteiger partial charge in [-0.05, 0) is 42.5 Å². The van der Waals surface area contributed by atoms with Crippen molar-refractivity contribution in [2.45, 2.75) is 17.1 Å². The van der Waals surface area contributed by atoms with Crippen molar-refractivity contribution in [2.75, 3.05) is 32.6 Å². The van der Waals surface area contributed by atoms with E-state index in [1.54, 1.807) is 42.8 Å². The first-order chi connectivity index (χ1) is 15.4. The molecular weight excluding hydrogens is 456 g/mol. The fraction of sp³-hybridized carbons (Fsp3) is 0.350. The predicted molar refractivity (Wildman–Crippen MR) is 117 cm³/mol. The smallest absolute Gasteiger partial charge is 0.322 e. The van der Waals surface area contributed by atoms with E-state index in [2.05, 4.69) is 15.5 Å². The number of aromatic nitrogens is 2. The third kappa shape index (κ3) is 4.47. The first-order valence-electron chi connectivity index (χ1n) is 9.83. The zero-order valence-corrected chi connectivity index (χ0v) is 19.1. The van der Waals surface area contributed by atoms with Crippen LogP contribution in [0.2, 0.25) is 0 Å². The fourth-order valence-electron chi connectivity index (χ4n) is 3.46. The van der Waals surface area contributed by atoms with Crippen LogP contribution in [-0.2, 0) is 14.8 Å². The van der Waals surface area contributed by atoms with Gasteiger partial charge in [0.1, 0.15) is 4.21 Å². The third-order valence-corrected chi connectivity index (χ3v) is 8.47. The maximum Gasteiger partial charge on any atom is 0.322 e. The largest absolute Gasteiger partial charge is 0.493 e. The van der Waals surface area contributed by atoms with Crippen LogP contribution in [0.3, 0.4) is 0 Å². The second-order valence-electron chi connectivity index (χ2n) is 7.08. The molecule has 1 aliphatic heterocycles. The number of anilines is 1. The van der Waals surface area contributed by atoms with Crippen LogP contribution in [0.1, 0.15) is 12.8 Å². The number of amides is 1. The molecule has 32 heavy (non-hydrogen) atoms. The quantitative estimate of drug-likeness (QED) is 0.550. The van der Waals surface area contributed by atoms with Crippen molar-refractivity contribution in [1.29, 1.82) is 0 Å². The molecule has 1 N–H and O–H groups in total. The van der Waals surface area contributed by atoms with Gasteiger partial charge in [0.2, 0.25) is 11.8 Å². The van der Waals surface area contributed by atoms with Crippen LogP contribution in [-0.4, -0.2) is 56.1 Å². The van der Waals surface area contributed by atoms with E-state index >= 15 is 0 Å². The number of thiophene rings is 1. The molecule has 1 aliphatic rings. The van der Waals surface area contributed by atoms with Crippen LogP contribution in [0.5, 0.6) is 11.5 Å². The molecular formula is C20H22N4O6S2. The van der Waals surface area contributed by atoms with Crippen molar-refractivity contribution in [2.24, 2.45) is 5.92 Å². The normalized spacial score (nSPS) is 15.4. The van der Waals surface area contributed by atoms with Crippen LogP contribution in [0.15, 0.2) is 44.3 Å². The first-order valence-corrected chi connectivity index (χ1v) is 12.1. The molecule has 0 radical (unpaired) electrons. The molecule has 2 aromatic heterocycles. The average Bonchev–Trinajstić information content (AvgIpc) is 3.51. The lowest BCUT2D eigenvalue weighted by molar-refractivity contribution is -0.121. The Bertz CT molecular complexity index is 1180. The molecule has 0 spiro atoms. The van der Waals surface area contributed by atoms with Crippen LogP contribution in [0.4, 0.5) is 6.01 Å². The van der Waals surface area contributed by atoms with Gasteiger partial charge < -0.3 is 13.9 Å². The van der Waals surface area contributed by atoms with Gasteiger partial charge >= 0.3 is 6.01 Å². The molecule has 0 saturated carbocycles. The number of rotatable bonds is 7. The number of nitrogens with one attached hydrogen (secondary N) is 1. The second-order valence-corrected chi connectivity index (χ2v) is 10.2. The molecule has 1 aromatic carbocycles. The van der Waals surface area contributed by atoms with Gasteiger partial charge in [0.05, 0.1) is 14.2 Å². The Hall–Kier alpha value is -2.96. The fourth-order valence-corrected chi connectivity index (χ4v) is 6.08. The summed E-state index contributed by atoms with van der Waals surface area (Å²) in [7, 11) is -0.437. The van der Waals surface area contributed by atoms with E-state index in [1.165, 1.54) is 22.8 Å². The number of hydrogen-bond acceptors (Lipinski definition) is 9. The van der Waals surface area contributed by atoms with E-state index in [0.29, 0.717) is 34.1 Å². The molecule has 1 amide bonds. The van der Waals surface area contributed by atoms with Crippen molar-refractivity contribution in [1.82, 2.24) is 14.5 Å². The average molecular weight is 479 g/mol. The van der Waals surface area contributed by atoms with E-state index in [4.69, 9.17) is 13.9 Å². The number of hydrogen-bond donors (Lipinski definition) is 1. The van der Waals surface area contributed by atoms with E-state index < -0.39 is 10.0 Å². The lowest BCUT2D eigenvalue weighted by Gasteiger charge is -2.29. The summed E-state index contributed by atoms with van der Waals surface area (Å²) in [6.45, 7) is 0.554. The number of carbonyl (C=O) groups is 1. The highest BCUT2D eigenvalue weighted by molar-refractivity contribution is 7.91. The van der Waals surface area contributed by atoms with E-state index in [0.717, 1.165) is 0 Å². The predicted octanol–water partition coefficient (Wildman–Crippen LogP) is 2.85. The summed E-state index contributed by atoms with van der Waals surface area (Å²) < 4.78 is 43.0. The Kier molecular flexibility index (Phi) is 6.44. The Labute approximate surface area is 189 Å². The third-order valence-electron chi connectivity index (χ3n) is 5.20. The first kappa shape index (κ1) is 22.2. The van der Waals surface area contributed by atoms with Gasteiger partial charge in [-0.1, -0.05) is 11.2 Å².